The summed E-state index contributed by atoms with van der Waals surface area (Å²) in [4.78, 5) is 0. The largest absolute Gasteiger partial charge is 0.309 e. The van der Waals surface area contributed by atoms with Gasteiger partial charge in [0.2, 0.25) is 0 Å². The molecule has 2 nitrogen and oxygen atoms in total. The number of hydrogen-bond acceptors (Lipinski definition) is 0. The van der Waals surface area contributed by atoms with Gasteiger partial charge in [-0.1, -0.05) is 126 Å². The topological polar surface area (TPSA) is 9.86 Å². The summed E-state index contributed by atoms with van der Waals surface area (Å²) in [7, 11) is 0. The Morgan fingerprint density at radius 1 is 0.348 bits per heavy atom. The van der Waals surface area contributed by atoms with Crippen molar-refractivity contribution in [1.82, 2.24) is 9.13 Å². The molecule has 2 heteroatoms. The van der Waals surface area contributed by atoms with Gasteiger partial charge in [-0.3, -0.25) is 0 Å². The average molecular weight is 597 g/mol. The Kier molecular flexibility index (Phi) is 6.31. The zero-order chi connectivity index (χ0) is 31.8. The minimum Gasteiger partial charge on any atom is -0.309 e. The fourth-order valence-electron chi connectivity index (χ4n) is 7.08. The predicted molar refractivity (Wildman–Crippen MR) is 198 cm³/mol. The Bertz CT molecular complexity index is 2310. The van der Waals surface area contributed by atoms with Crippen molar-refractivity contribution in [3.05, 3.63) is 145 Å². The van der Waals surface area contributed by atoms with Crippen LogP contribution in [0.25, 0.3) is 66.1 Å². The molecule has 0 atom stereocenters. The van der Waals surface area contributed by atoms with Gasteiger partial charge in [0, 0.05) is 32.9 Å². The molecule has 8 rings (SSSR count). The maximum Gasteiger partial charge on any atom is 0.0544 e. The molecule has 0 saturated heterocycles. The van der Waals surface area contributed by atoms with E-state index in [4.69, 9.17) is 0 Å². The first kappa shape index (κ1) is 28.4. The van der Waals surface area contributed by atoms with Crippen molar-refractivity contribution >= 4 is 43.6 Å². The number of rotatable bonds is 3. The van der Waals surface area contributed by atoms with E-state index in [0.717, 1.165) is 0 Å². The molecule has 6 aromatic carbocycles. The first-order valence-corrected chi connectivity index (χ1v) is 16.4. The van der Waals surface area contributed by atoms with Crippen LogP contribution in [-0.2, 0) is 10.8 Å². The summed E-state index contributed by atoms with van der Waals surface area (Å²) in [5.74, 6) is 0. The zero-order valence-corrected chi connectivity index (χ0v) is 27.6. The summed E-state index contributed by atoms with van der Waals surface area (Å²) < 4.78 is 4.88. The van der Waals surface area contributed by atoms with Crippen molar-refractivity contribution in [3.8, 4) is 22.5 Å². The first-order chi connectivity index (χ1) is 22.1. The van der Waals surface area contributed by atoms with Crippen LogP contribution in [-0.4, -0.2) is 9.13 Å². The normalized spacial score (nSPS) is 12.6. The third kappa shape index (κ3) is 4.55. The quantitative estimate of drug-likeness (QED) is 0.192. The molecular formula is C44H40N2. The highest BCUT2D eigenvalue weighted by Gasteiger charge is 2.21. The third-order valence-corrected chi connectivity index (χ3v) is 9.62. The summed E-state index contributed by atoms with van der Waals surface area (Å²) in [5.41, 5.74) is 12.5. The number of nitrogens with zero attached hydrogens (tertiary/aromatic N) is 2. The molecule has 0 fully saturated rings. The van der Waals surface area contributed by atoms with Crippen LogP contribution in [0.2, 0.25) is 0 Å². The lowest BCUT2D eigenvalue weighted by atomic mass is 9.86. The predicted octanol–water partition coefficient (Wildman–Crippen LogP) is 12.1. The van der Waals surface area contributed by atoms with Gasteiger partial charge in [-0.15, -0.1) is 0 Å². The lowest BCUT2D eigenvalue weighted by molar-refractivity contribution is 0.591. The fourth-order valence-corrected chi connectivity index (χ4v) is 7.08. The van der Waals surface area contributed by atoms with Crippen LogP contribution in [0.3, 0.4) is 0 Å². The summed E-state index contributed by atoms with van der Waals surface area (Å²) >= 11 is 0. The minimum atomic E-state index is 0.0567. The molecule has 0 bridgehead atoms. The molecule has 226 valence electrons. The van der Waals surface area contributed by atoms with Crippen LogP contribution in [0.5, 0.6) is 0 Å². The van der Waals surface area contributed by atoms with Crippen LogP contribution in [0.1, 0.15) is 52.7 Å². The molecule has 0 unspecified atom stereocenters. The van der Waals surface area contributed by atoms with Gasteiger partial charge >= 0.3 is 0 Å². The third-order valence-electron chi connectivity index (χ3n) is 9.62. The monoisotopic (exact) mass is 596 g/mol. The van der Waals surface area contributed by atoms with Gasteiger partial charge < -0.3 is 9.13 Å². The molecule has 0 aliphatic heterocycles. The SMILES string of the molecule is CC(C)(C)c1ccc2c3ccc(C(C)(C)C)cc3n(-c3cccc(-c4cccc(-n5c6ccccc6c6ccccc65)c4)c3)c2c1. The second-order valence-corrected chi connectivity index (χ2v) is 14.8. The number of hydrogen-bond donors (Lipinski definition) is 0. The van der Waals surface area contributed by atoms with E-state index < -0.39 is 0 Å². The number of benzene rings is 6. The molecule has 0 aliphatic carbocycles. The average Bonchev–Trinajstić information content (AvgIpc) is 3.56. The van der Waals surface area contributed by atoms with Crippen LogP contribution in [0.4, 0.5) is 0 Å². The lowest BCUT2D eigenvalue weighted by Gasteiger charge is -2.20. The van der Waals surface area contributed by atoms with Crippen molar-refractivity contribution in [2.45, 2.75) is 52.4 Å². The Morgan fingerprint density at radius 3 is 1.17 bits per heavy atom. The van der Waals surface area contributed by atoms with Gasteiger partial charge in [0.05, 0.1) is 22.1 Å². The van der Waals surface area contributed by atoms with E-state index in [-0.39, 0.29) is 10.8 Å². The molecule has 0 spiro atoms. The van der Waals surface area contributed by atoms with Crippen LogP contribution < -0.4 is 0 Å². The van der Waals surface area contributed by atoms with Crippen molar-refractivity contribution in [1.29, 1.82) is 0 Å². The van der Waals surface area contributed by atoms with Gasteiger partial charge in [0.1, 0.15) is 0 Å². The molecule has 2 aromatic heterocycles. The molecule has 0 amide bonds. The Morgan fingerprint density at radius 2 is 0.739 bits per heavy atom. The van der Waals surface area contributed by atoms with Crippen molar-refractivity contribution in [2.75, 3.05) is 0 Å². The lowest BCUT2D eigenvalue weighted by Crippen LogP contribution is -2.11. The summed E-state index contributed by atoms with van der Waals surface area (Å²) in [5, 5.41) is 5.15. The van der Waals surface area contributed by atoms with E-state index in [1.165, 1.54) is 77.2 Å². The van der Waals surface area contributed by atoms with Gasteiger partial charge in [-0.25, -0.2) is 0 Å². The zero-order valence-electron chi connectivity index (χ0n) is 27.6. The van der Waals surface area contributed by atoms with Gasteiger partial charge in [0.25, 0.3) is 0 Å². The highest BCUT2D eigenvalue weighted by Crippen LogP contribution is 2.39. The van der Waals surface area contributed by atoms with E-state index in [1.807, 2.05) is 0 Å². The standard InChI is InChI=1S/C44H40N2/c1-43(2,3)31-21-23-37-38-24-22-32(44(4,5)6)28-42(38)46(41(37)27-31)34-16-12-14-30(26-34)29-13-11-15-33(25-29)45-39-19-9-7-17-35(39)36-18-8-10-20-40(36)45/h7-28H,1-6H3. The van der Waals surface area contributed by atoms with E-state index in [0.29, 0.717) is 0 Å². The highest BCUT2D eigenvalue weighted by atomic mass is 15.0. The van der Waals surface area contributed by atoms with Crippen molar-refractivity contribution < 1.29 is 0 Å². The molecule has 2 heterocycles. The Balaban J connectivity index is 1.33. The molecule has 0 saturated carbocycles. The van der Waals surface area contributed by atoms with E-state index in [2.05, 4.69) is 184 Å². The highest BCUT2D eigenvalue weighted by molar-refractivity contribution is 6.10. The molecule has 0 aliphatic rings. The van der Waals surface area contributed by atoms with Crippen molar-refractivity contribution in [3.63, 3.8) is 0 Å². The van der Waals surface area contributed by atoms with E-state index >= 15 is 0 Å². The first-order valence-electron chi connectivity index (χ1n) is 16.4. The van der Waals surface area contributed by atoms with Gasteiger partial charge in [-0.2, -0.15) is 0 Å². The molecule has 8 aromatic rings. The molecule has 0 N–H and O–H groups in total. The maximum atomic E-state index is 2.48. The summed E-state index contributed by atoms with van der Waals surface area (Å²) in [6.07, 6.45) is 0. The summed E-state index contributed by atoms with van der Waals surface area (Å²) in [6.45, 7) is 13.8. The molecule has 46 heavy (non-hydrogen) atoms. The minimum absolute atomic E-state index is 0.0567. The molecular weight excluding hydrogens is 556 g/mol. The van der Waals surface area contributed by atoms with Crippen LogP contribution >= 0.6 is 0 Å². The van der Waals surface area contributed by atoms with Crippen LogP contribution in [0, 0.1) is 0 Å². The van der Waals surface area contributed by atoms with Crippen molar-refractivity contribution in [2.24, 2.45) is 0 Å². The Labute approximate surface area is 271 Å². The van der Waals surface area contributed by atoms with Gasteiger partial charge in [0.15, 0.2) is 0 Å². The maximum absolute atomic E-state index is 2.48. The number of aromatic nitrogens is 2. The molecule has 0 radical (unpaired) electrons. The van der Waals surface area contributed by atoms with Gasteiger partial charge in [-0.05, 0) is 81.6 Å². The van der Waals surface area contributed by atoms with E-state index in [9.17, 15) is 0 Å². The second kappa shape index (κ2) is 10.2. The fraction of sp³-hybridized carbons (Fsp3) is 0.182. The Hall–Kier alpha value is -5.08. The smallest absolute Gasteiger partial charge is 0.0544 e. The summed E-state index contributed by atoms with van der Waals surface area (Å²) in [6, 6.07) is 49.5. The van der Waals surface area contributed by atoms with E-state index in [1.54, 1.807) is 0 Å². The second-order valence-electron chi connectivity index (χ2n) is 14.8. The van der Waals surface area contributed by atoms with Crippen LogP contribution in [0.15, 0.2) is 133 Å². The number of para-hydroxylation sites is 2. The number of fused-ring (bicyclic) bond motifs is 6.